The summed E-state index contributed by atoms with van der Waals surface area (Å²) in [7, 11) is -4.39. The van der Waals surface area contributed by atoms with E-state index in [1.807, 2.05) is 0 Å². The van der Waals surface area contributed by atoms with Crippen LogP contribution in [0.1, 0.15) is 23.6 Å². The fraction of sp³-hybridized carbons (Fsp3) is 0.263. The molecule has 0 bridgehead atoms. The maximum atomic E-state index is 11.7. The number of nitrogens with zero attached hydrogens (tertiary/aromatic N) is 1. The summed E-state index contributed by atoms with van der Waals surface area (Å²) in [5.74, 6) is 0.624. The minimum Gasteiger partial charge on any atom is -0.486 e. The number of hydrogen-bond donors (Lipinski definition) is 1. The van der Waals surface area contributed by atoms with E-state index in [-0.39, 0.29) is 34.9 Å². The van der Waals surface area contributed by atoms with Crippen molar-refractivity contribution in [3.05, 3.63) is 63.2 Å². The van der Waals surface area contributed by atoms with Gasteiger partial charge in [-0.25, -0.2) is 0 Å². The lowest BCUT2D eigenvalue weighted by atomic mass is 10.0. The van der Waals surface area contributed by atoms with E-state index in [1.165, 1.54) is 18.2 Å². The molecule has 2 aromatic rings. The van der Waals surface area contributed by atoms with E-state index >= 15 is 0 Å². The normalized spacial score (nSPS) is 16.3. The second kappa shape index (κ2) is 7.61. The Morgan fingerprint density at radius 3 is 2.71 bits per heavy atom. The first kappa shape index (κ1) is 19.8. The highest BCUT2D eigenvalue weighted by Gasteiger charge is 2.29. The lowest BCUT2D eigenvalue weighted by Gasteiger charge is -2.28. The Kier molecular flexibility index (Phi) is 5.39. The van der Waals surface area contributed by atoms with Crippen molar-refractivity contribution in [3.8, 4) is 11.5 Å². The van der Waals surface area contributed by atoms with Crippen molar-refractivity contribution >= 4 is 21.9 Å². The highest BCUT2D eigenvalue weighted by molar-refractivity contribution is 7.85. The van der Waals surface area contributed by atoms with Crippen LogP contribution in [-0.4, -0.2) is 30.6 Å². The summed E-state index contributed by atoms with van der Waals surface area (Å²) in [6, 6.07) is 7.42. The van der Waals surface area contributed by atoms with E-state index in [9.17, 15) is 23.1 Å². The smallest absolute Gasteiger partial charge is 0.294 e. The maximum Gasteiger partial charge on any atom is 0.294 e. The minimum atomic E-state index is -4.39. The quantitative estimate of drug-likeness (QED) is 0.459. The van der Waals surface area contributed by atoms with Gasteiger partial charge in [0.15, 0.2) is 11.5 Å². The van der Waals surface area contributed by atoms with Crippen molar-refractivity contribution in [2.24, 2.45) is 0 Å². The summed E-state index contributed by atoms with van der Waals surface area (Å²) >= 11 is 0. The summed E-state index contributed by atoms with van der Waals surface area (Å²) in [5.41, 5.74) is 1.38. The van der Waals surface area contributed by atoms with Crippen LogP contribution in [0.2, 0.25) is 0 Å². The third-order valence-corrected chi connectivity index (χ3v) is 5.27. The number of aryl methyl sites for hydroxylation is 1. The highest BCUT2D eigenvalue weighted by Crippen LogP contribution is 2.41. The van der Waals surface area contributed by atoms with Gasteiger partial charge in [-0.3, -0.25) is 14.7 Å². The van der Waals surface area contributed by atoms with Crippen LogP contribution in [0.3, 0.4) is 0 Å². The second-order valence-electron chi connectivity index (χ2n) is 6.42. The Morgan fingerprint density at radius 1 is 1.32 bits per heavy atom. The van der Waals surface area contributed by atoms with Gasteiger partial charge in [0, 0.05) is 12.5 Å². The molecule has 1 aliphatic heterocycles. The van der Waals surface area contributed by atoms with Crippen LogP contribution in [0, 0.1) is 17.0 Å². The molecule has 1 aliphatic rings. The first-order valence-electron chi connectivity index (χ1n) is 8.51. The number of nitro groups is 1. The van der Waals surface area contributed by atoms with Gasteiger partial charge in [0.05, 0.1) is 15.4 Å². The van der Waals surface area contributed by atoms with Gasteiger partial charge in [-0.2, -0.15) is 8.42 Å². The van der Waals surface area contributed by atoms with Gasteiger partial charge in [0.25, 0.3) is 15.8 Å². The molecule has 28 heavy (non-hydrogen) atoms. The Morgan fingerprint density at radius 2 is 2.07 bits per heavy atom. The average Bonchev–Trinajstić information content (AvgIpc) is 2.61. The molecule has 8 nitrogen and oxygen atoms in total. The Hall–Kier alpha value is -2.91. The highest BCUT2D eigenvalue weighted by atomic mass is 32.2. The molecule has 1 heterocycles. The molecule has 1 atom stereocenters. The molecule has 9 heteroatoms. The summed E-state index contributed by atoms with van der Waals surface area (Å²) in [4.78, 5) is 10.6. The number of benzene rings is 2. The third kappa shape index (κ3) is 4.00. The van der Waals surface area contributed by atoms with Crippen molar-refractivity contribution in [3.63, 3.8) is 0 Å². The molecule has 148 valence electrons. The van der Waals surface area contributed by atoms with Gasteiger partial charge in [0.1, 0.15) is 12.7 Å². The predicted octanol–water partition coefficient (Wildman–Crippen LogP) is 3.57. The van der Waals surface area contributed by atoms with Crippen LogP contribution in [0.15, 0.2) is 41.3 Å². The van der Waals surface area contributed by atoms with E-state index in [1.54, 1.807) is 38.1 Å². The molecule has 0 aliphatic carbocycles. The molecule has 0 amide bonds. The molecule has 0 radical (unpaired) electrons. The minimum absolute atomic E-state index is 0.115. The molecule has 1 unspecified atom stereocenters. The Bertz CT molecular complexity index is 1060. The number of hydrogen-bond acceptors (Lipinski definition) is 6. The predicted molar refractivity (Wildman–Crippen MR) is 102 cm³/mol. The van der Waals surface area contributed by atoms with Crippen LogP contribution in [0.4, 0.5) is 5.69 Å². The zero-order chi connectivity index (χ0) is 20.5. The lowest BCUT2D eigenvalue weighted by molar-refractivity contribution is -0.385. The van der Waals surface area contributed by atoms with Gasteiger partial charge in [-0.1, -0.05) is 23.8 Å². The SMILES string of the molecule is C/C=C\c1c([N+](=O)[O-])ccc2c1OC(Cc1cc(C)ccc1S(=O)(=O)O)CO2. The fourth-order valence-electron chi connectivity index (χ4n) is 3.14. The topological polar surface area (TPSA) is 116 Å². The number of nitro benzene ring substituents is 1. The van der Waals surface area contributed by atoms with Gasteiger partial charge >= 0.3 is 0 Å². The average molecular weight is 405 g/mol. The zero-order valence-electron chi connectivity index (χ0n) is 15.3. The molecule has 0 aromatic heterocycles. The first-order chi connectivity index (χ1) is 13.2. The van der Waals surface area contributed by atoms with E-state index in [0.29, 0.717) is 11.3 Å². The van der Waals surface area contributed by atoms with Crippen LogP contribution in [-0.2, 0) is 16.5 Å². The number of allylic oxidation sites excluding steroid dienone is 1. The van der Waals surface area contributed by atoms with Crippen molar-refractivity contribution < 1.29 is 27.4 Å². The number of ether oxygens (including phenoxy) is 2. The lowest BCUT2D eigenvalue weighted by Crippen LogP contribution is -2.32. The molecule has 0 fully saturated rings. The van der Waals surface area contributed by atoms with Crippen molar-refractivity contribution in [1.82, 2.24) is 0 Å². The standard InChI is InChI=1S/C19H19NO7S/c1-3-4-15-16(20(21)22)6-7-17-19(15)27-14(11-26-17)10-13-9-12(2)5-8-18(13)28(23,24)25/h3-9,14H,10-11H2,1-2H3,(H,23,24,25)/b4-3-. The van der Waals surface area contributed by atoms with Crippen molar-refractivity contribution in [2.45, 2.75) is 31.3 Å². The monoisotopic (exact) mass is 405 g/mol. The van der Waals surface area contributed by atoms with Gasteiger partial charge in [0.2, 0.25) is 0 Å². The summed E-state index contributed by atoms with van der Waals surface area (Å²) in [6.07, 6.45) is 2.79. The number of fused-ring (bicyclic) bond motifs is 1. The van der Waals surface area contributed by atoms with E-state index in [4.69, 9.17) is 9.47 Å². The largest absolute Gasteiger partial charge is 0.486 e. The summed E-state index contributed by atoms with van der Waals surface area (Å²) in [5, 5.41) is 11.3. The van der Waals surface area contributed by atoms with E-state index < -0.39 is 21.1 Å². The number of rotatable bonds is 5. The van der Waals surface area contributed by atoms with Crippen molar-refractivity contribution in [1.29, 1.82) is 0 Å². The molecule has 0 spiro atoms. The first-order valence-corrected chi connectivity index (χ1v) is 9.95. The molecule has 3 rings (SSSR count). The Labute approximate surface area is 162 Å². The van der Waals surface area contributed by atoms with Gasteiger partial charge in [-0.05, 0) is 37.6 Å². The summed E-state index contributed by atoms with van der Waals surface area (Å²) < 4.78 is 44.5. The molecular weight excluding hydrogens is 386 g/mol. The maximum absolute atomic E-state index is 11.7. The zero-order valence-corrected chi connectivity index (χ0v) is 16.1. The van der Waals surface area contributed by atoms with Crippen LogP contribution >= 0.6 is 0 Å². The molecule has 0 saturated carbocycles. The van der Waals surface area contributed by atoms with Crippen molar-refractivity contribution in [2.75, 3.05) is 6.61 Å². The molecule has 1 N–H and O–H groups in total. The van der Waals surface area contributed by atoms with Crippen LogP contribution in [0.25, 0.3) is 6.08 Å². The summed E-state index contributed by atoms with van der Waals surface area (Å²) in [6.45, 7) is 3.67. The van der Waals surface area contributed by atoms with E-state index in [2.05, 4.69) is 0 Å². The molecule has 2 aromatic carbocycles. The third-order valence-electron chi connectivity index (χ3n) is 4.32. The van der Waals surface area contributed by atoms with Crippen LogP contribution in [0.5, 0.6) is 11.5 Å². The second-order valence-corrected chi connectivity index (χ2v) is 7.81. The molecular formula is C19H19NO7S. The Balaban J connectivity index is 1.98. The van der Waals surface area contributed by atoms with Crippen LogP contribution < -0.4 is 9.47 Å². The van der Waals surface area contributed by atoms with Gasteiger partial charge < -0.3 is 9.47 Å². The van der Waals surface area contributed by atoms with E-state index in [0.717, 1.165) is 5.56 Å². The van der Waals surface area contributed by atoms with Gasteiger partial charge in [-0.15, -0.1) is 0 Å². The molecule has 0 saturated heterocycles. The fourth-order valence-corrected chi connectivity index (χ4v) is 3.85.